The molecule has 1 aliphatic rings. The number of aryl methyl sites for hydroxylation is 2. The van der Waals surface area contributed by atoms with E-state index in [0.29, 0.717) is 0 Å². The number of carbonyl (C=O) groups is 1. The Balaban J connectivity index is 2.15. The molecule has 0 aromatic heterocycles. The number of benzene rings is 1. The fourth-order valence-electron chi connectivity index (χ4n) is 2.46. The highest BCUT2D eigenvalue weighted by Crippen LogP contribution is 2.47. The Morgan fingerprint density at radius 1 is 1.39 bits per heavy atom. The number of methoxy groups -OCH3 is 1. The molecule has 0 spiro atoms. The standard InChI is InChI=1S/C15H21NO2/c1-11-5-6-12(2)13(9-11)16(3)10-15(7-8-15)14(17)18-4/h5-6,9H,7-8,10H2,1-4H3. The molecule has 0 amide bonds. The summed E-state index contributed by atoms with van der Waals surface area (Å²) < 4.78 is 4.90. The molecule has 1 saturated carbocycles. The van der Waals surface area contributed by atoms with Gasteiger partial charge in [0, 0.05) is 19.3 Å². The second-order valence-electron chi connectivity index (χ2n) is 5.42. The third kappa shape index (κ3) is 2.35. The van der Waals surface area contributed by atoms with E-state index in [1.54, 1.807) is 0 Å². The van der Waals surface area contributed by atoms with Crippen LogP contribution in [0.3, 0.4) is 0 Å². The highest BCUT2D eigenvalue weighted by atomic mass is 16.5. The average molecular weight is 247 g/mol. The average Bonchev–Trinajstić information content (AvgIpc) is 3.12. The number of esters is 1. The zero-order valence-corrected chi connectivity index (χ0v) is 11.6. The third-order valence-electron chi connectivity index (χ3n) is 3.79. The van der Waals surface area contributed by atoms with E-state index >= 15 is 0 Å². The normalized spacial score (nSPS) is 16.2. The topological polar surface area (TPSA) is 29.5 Å². The van der Waals surface area contributed by atoms with Gasteiger partial charge in [-0.1, -0.05) is 12.1 Å². The quantitative estimate of drug-likeness (QED) is 0.766. The predicted octanol–water partition coefficient (Wildman–Crippen LogP) is 2.69. The molecule has 0 unspecified atom stereocenters. The highest BCUT2D eigenvalue weighted by molar-refractivity contribution is 5.80. The van der Waals surface area contributed by atoms with Gasteiger partial charge in [0.15, 0.2) is 0 Å². The molecule has 2 rings (SSSR count). The van der Waals surface area contributed by atoms with E-state index < -0.39 is 0 Å². The van der Waals surface area contributed by atoms with E-state index in [9.17, 15) is 4.79 Å². The Labute approximate surface area is 109 Å². The van der Waals surface area contributed by atoms with E-state index in [-0.39, 0.29) is 11.4 Å². The second-order valence-corrected chi connectivity index (χ2v) is 5.42. The van der Waals surface area contributed by atoms with Crippen molar-refractivity contribution in [1.82, 2.24) is 0 Å². The fraction of sp³-hybridized carbons (Fsp3) is 0.533. The summed E-state index contributed by atoms with van der Waals surface area (Å²) in [4.78, 5) is 13.9. The van der Waals surface area contributed by atoms with Crippen molar-refractivity contribution in [3.05, 3.63) is 29.3 Å². The minimum atomic E-state index is -0.264. The van der Waals surface area contributed by atoms with E-state index in [1.165, 1.54) is 23.9 Å². The summed E-state index contributed by atoms with van der Waals surface area (Å²) in [6.07, 6.45) is 1.88. The molecule has 0 atom stereocenters. The maximum absolute atomic E-state index is 11.8. The summed E-state index contributed by atoms with van der Waals surface area (Å²) in [5, 5.41) is 0. The van der Waals surface area contributed by atoms with Crippen LogP contribution in [0.2, 0.25) is 0 Å². The zero-order chi connectivity index (χ0) is 13.3. The van der Waals surface area contributed by atoms with Gasteiger partial charge in [-0.05, 0) is 43.9 Å². The summed E-state index contributed by atoms with van der Waals surface area (Å²) in [5.41, 5.74) is 3.42. The largest absolute Gasteiger partial charge is 0.469 e. The van der Waals surface area contributed by atoms with Crippen molar-refractivity contribution in [3.63, 3.8) is 0 Å². The van der Waals surface area contributed by atoms with Gasteiger partial charge >= 0.3 is 5.97 Å². The van der Waals surface area contributed by atoms with Crippen molar-refractivity contribution in [2.45, 2.75) is 26.7 Å². The van der Waals surface area contributed by atoms with Gasteiger partial charge in [0.1, 0.15) is 0 Å². The van der Waals surface area contributed by atoms with Crippen LogP contribution in [0.4, 0.5) is 5.69 Å². The Hall–Kier alpha value is -1.51. The first-order chi connectivity index (χ1) is 8.48. The van der Waals surface area contributed by atoms with Gasteiger partial charge < -0.3 is 9.64 Å². The fourth-order valence-corrected chi connectivity index (χ4v) is 2.46. The summed E-state index contributed by atoms with van der Waals surface area (Å²) in [5.74, 6) is -0.0698. The number of ether oxygens (including phenoxy) is 1. The van der Waals surface area contributed by atoms with Gasteiger partial charge in [-0.15, -0.1) is 0 Å². The number of rotatable bonds is 4. The molecule has 3 nitrogen and oxygen atoms in total. The maximum atomic E-state index is 11.8. The molecule has 18 heavy (non-hydrogen) atoms. The molecule has 1 aromatic carbocycles. The van der Waals surface area contributed by atoms with Crippen molar-refractivity contribution >= 4 is 11.7 Å². The van der Waals surface area contributed by atoms with Crippen LogP contribution in [0.25, 0.3) is 0 Å². The lowest BCUT2D eigenvalue weighted by Gasteiger charge is -2.26. The Morgan fingerprint density at radius 3 is 2.61 bits per heavy atom. The lowest BCUT2D eigenvalue weighted by Crippen LogP contribution is -2.33. The van der Waals surface area contributed by atoms with Crippen molar-refractivity contribution < 1.29 is 9.53 Å². The summed E-state index contributed by atoms with van der Waals surface area (Å²) in [6, 6.07) is 6.40. The zero-order valence-electron chi connectivity index (χ0n) is 11.6. The molecule has 0 aliphatic heterocycles. The molecule has 0 heterocycles. The minimum Gasteiger partial charge on any atom is -0.469 e. The first-order valence-electron chi connectivity index (χ1n) is 6.35. The molecule has 1 fully saturated rings. The molecule has 0 radical (unpaired) electrons. The van der Waals surface area contributed by atoms with E-state index in [0.717, 1.165) is 19.4 Å². The molecule has 3 heteroatoms. The summed E-state index contributed by atoms with van der Waals surface area (Å²) in [6.45, 7) is 4.93. The van der Waals surface area contributed by atoms with Gasteiger partial charge in [-0.3, -0.25) is 4.79 Å². The monoisotopic (exact) mass is 247 g/mol. The van der Waals surface area contributed by atoms with E-state index in [1.807, 2.05) is 7.05 Å². The molecular weight excluding hydrogens is 226 g/mol. The molecular formula is C15H21NO2. The predicted molar refractivity (Wildman–Crippen MR) is 72.9 cm³/mol. The van der Waals surface area contributed by atoms with E-state index in [2.05, 4.69) is 36.9 Å². The van der Waals surface area contributed by atoms with Gasteiger partial charge in [-0.2, -0.15) is 0 Å². The van der Waals surface area contributed by atoms with Crippen LogP contribution in [0.1, 0.15) is 24.0 Å². The molecule has 0 N–H and O–H groups in total. The first-order valence-corrected chi connectivity index (χ1v) is 6.35. The van der Waals surface area contributed by atoms with Crippen LogP contribution < -0.4 is 4.90 Å². The first kappa shape index (κ1) is 12.9. The molecule has 1 aliphatic carbocycles. The molecule has 98 valence electrons. The number of hydrogen-bond donors (Lipinski definition) is 0. The van der Waals surface area contributed by atoms with Gasteiger partial charge in [0.05, 0.1) is 12.5 Å². The van der Waals surface area contributed by atoms with Gasteiger partial charge in [0.2, 0.25) is 0 Å². The third-order valence-corrected chi connectivity index (χ3v) is 3.79. The summed E-state index contributed by atoms with van der Waals surface area (Å²) >= 11 is 0. The van der Waals surface area contributed by atoms with Crippen molar-refractivity contribution in [3.8, 4) is 0 Å². The number of nitrogens with zero attached hydrogens (tertiary/aromatic N) is 1. The van der Waals surface area contributed by atoms with Crippen LogP contribution >= 0.6 is 0 Å². The highest BCUT2D eigenvalue weighted by Gasteiger charge is 2.51. The Morgan fingerprint density at radius 2 is 2.06 bits per heavy atom. The molecule has 1 aromatic rings. The second kappa shape index (κ2) is 4.63. The number of hydrogen-bond acceptors (Lipinski definition) is 3. The summed E-state index contributed by atoms with van der Waals surface area (Å²) in [7, 11) is 3.52. The Kier molecular flexibility index (Phi) is 3.33. The van der Waals surface area contributed by atoms with Crippen LogP contribution in [0.5, 0.6) is 0 Å². The van der Waals surface area contributed by atoms with Crippen LogP contribution in [-0.4, -0.2) is 26.7 Å². The molecule has 0 bridgehead atoms. The maximum Gasteiger partial charge on any atom is 0.313 e. The number of anilines is 1. The lowest BCUT2D eigenvalue weighted by atomic mass is 10.1. The van der Waals surface area contributed by atoms with Crippen molar-refractivity contribution in [2.24, 2.45) is 5.41 Å². The van der Waals surface area contributed by atoms with Crippen molar-refractivity contribution in [2.75, 3.05) is 25.6 Å². The minimum absolute atomic E-state index is 0.0698. The van der Waals surface area contributed by atoms with Gasteiger partial charge in [0.25, 0.3) is 0 Å². The molecule has 0 saturated heterocycles. The number of carbonyl (C=O) groups excluding carboxylic acids is 1. The lowest BCUT2D eigenvalue weighted by molar-refractivity contribution is -0.146. The van der Waals surface area contributed by atoms with Crippen molar-refractivity contribution in [1.29, 1.82) is 0 Å². The smallest absolute Gasteiger partial charge is 0.313 e. The SMILES string of the molecule is COC(=O)C1(CN(C)c2cc(C)ccc2C)CC1. The Bertz CT molecular complexity index is 464. The van der Waals surface area contributed by atoms with Crippen LogP contribution in [-0.2, 0) is 9.53 Å². The van der Waals surface area contributed by atoms with Crippen LogP contribution in [0, 0.1) is 19.3 Å². The van der Waals surface area contributed by atoms with Crippen LogP contribution in [0.15, 0.2) is 18.2 Å². The van der Waals surface area contributed by atoms with E-state index in [4.69, 9.17) is 4.74 Å². The van der Waals surface area contributed by atoms with Gasteiger partial charge in [-0.25, -0.2) is 0 Å².